The van der Waals surface area contributed by atoms with Crippen molar-refractivity contribution in [3.63, 3.8) is 0 Å². The highest BCUT2D eigenvalue weighted by atomic mass is 32.2. The molecule has 0 aliphatic rings. The molecule has 3 N–H and O–H groups in total. The lowest BCUT2D eigenvalue weighted by atomic mass is 10.3. The van der Waals surface area contributed by atoms with E-state index in [-0.39, 0.29) is 11.6 Å². The van der Waals surface area contributed by atoms with Crippen molar-refractivity contribution in [3.05, 3.63) is 23.9 Å². The quantitative estimate of drug-likeness (QED) is 0.456. The van der Waals surface area contributed by atoms with Gasteiger partial charge in [0, 0.05) is 23.8 Å². The Morgan fingerprint density at radius 2 is 2.25 bits per heavy atom. The van der Waals surface area contributed by atoms with E-state index >= 15 is 0 Å². The summed E-state index contributed by atoms with van der Waals surface area (Å²) in [6.45, 7) is 0. The van der Waals surface area contributed by atoms with E-state index in [9.17, 15) is 8.42 Å². The Hall–Kier alpha value is -1.08. The fourth-order valence-electron chi connectivity index (χ4n) is 0.923. The molecule has 0 atom stereocenters. The van der Waals surface area contributed by atoms with Crippen molar-refractivity contribution < 1.29 is 8.42 Å². The Bertz CT molecular complexity index is 468. The predicted molar refractivity (Wildman–Crippen MR) is 65.7 cm³/mol. The molecule has 16 heavy (non-hydrogen) atoms. The number of pyridine rings is 1. The van der Waals surface area contributed by atoms with Crippen LogP contribution in [0, 0.1) is 5.41 Å². The second-order valence-electron chi connectivity index (χ2n) is 3.28. The summed E-state index contributed by atoms with van der Waals surface area (Å²) in [6, 6.07) is 3.42. The lowest BCUT2D eigenvalue weighted by Crippen LogP contribution is -2.11. The minimum absolute atomic E-state index is 0.0276. The van der Waals surface area contributed by atoms with Crippen molar-refractivity contribution in [2.24, 2.45) is 5.73 Å². The molecule has 0 unspecified atom stereocenters. The molecule has 1 heterocycles. The second kappa shape index (κ2) is 5.31. The Morgan fingerprint density at radius 3 is 2.69 bits per heavy atom. The number of rotatable bonds is 5. The van der Waals surface area contributed by atoms with Crippen LogP contribution in [-0.2, 0) is 9.84 Å². The third kappa shape index (κ3) is 4.63. The molecule has 1 aromatic heterocycles. The molecule has 0 aliphatic carbocycles. The molecule has 0 aromatic carbocycles. The minimum Gasteiger partial charge on any atom is -0.384 e. The number of nitrogen functional groups attached to an aromatic ring is 1. The zero-order valence-corrected chi connectivity index (χ0v) is 10.4. The summed E-state index contributed by atoms with van der Waals surface area (Å²) in [5, 5.41) is 7.91. The van der Waals surface area contributed by atoms with Crippen LogP contribution in [0.2, 0.25) is 0 Å². The number of aromatic nitrogens is 1. The molecule has 0 bridgehead atoms. The number of nitrogens with zero attached hydrogens (tertiary/aromatic N) is 1. The molecule has 0 amide bonds. The van der Waals surface area contributed by atoms with Crippen LogP contribution >= 0.6 is 11.8 Å². The molecular weight excluding hydrogens is 246 g/mol. The average molecular weight is 259 g/mol. The minimum atomic E-state index is -2.92. The fraction of sp³-hybridized carbons (Fsp3) is 0.333. The van der Waals surface area contributed by atoms with E-state index in [1.165, 1.54) is 24.2 Å². The summed E-state index contributed by atoms with van der Waals surface area (Å²) in [6.07, 6.45) is 2.71. The summed E-state index contributed by atoms with van der Waals surface area (Å²) in [7, 11) is -2.92. The molecule has 1 aromatic rings. The monoisotopic (exact) mass is 259 g/mol. The van der Waals surface area contributed by atoms with E-state index in [0.717, 1.165) is 5.03 Å². The number of sulfone groups is 1. The first-order chi connectivity index (χ1) is 7.38. The summed E-state index contributed by atoms with van der Waals surface area (Å²) < 4.78 is 21.8. The Balaban J connectivity index is 2.53. The second-order valence-corrected chi connectivity index (χ2v) is 6.65. The molecule has 0 spiro atoms. The van der Waals surface area contributed by atoms with Gasteiger partial charge in [-0.1, -0.05) is 0 Å². The molecule has 88 valence electrons. The number of nitrogens with one attached hydrogen (secondary N) is 1. The maximum Gasteiger partial charge on any atom is 0.148 e. The highest BCUT2D eigenvalue weighted by Crippen LogP contribution is 2.15. The topological polar surface area (TPSA) is 96.9 Å². The molecular formula is C9H13N3O2S2. The molecule has 0 fully saturated rings. The van der Waals surface area contributed by atoms with E-state index in [2.05, 4.69) is 4.98 Å². The van der Waals surface area contributed by atoms with Gasteiger partial charge in [0.2, 0.25) is 0 Å². The van der Waals surface area contributed by atoms with Gasteiger partial charge in [-0.25, -0.2) is 13.4 Å². The van der Waals surface area contributed by atoms with Gasteiger partial charge in [-0.15, -0.1) is 11.8 Å². The van der Waals surface area contributed by atoms with Gasteiger partial charge in [0.25, 0.3) is 0 Å². The van der Waals surface area contributed by atoms with Crippen LogP contribution in [0.15, 0.2) is 23.4 Å². The van der Waals surface area contributed by atoms with Crippen LogP contribution in [0.25, 0.3) is 0 Å². The van der Waals surface area contributed by atoms with Crippen LogP contribution in [0.4, 0.5) is 0 Å². The normalized spacial score (nSPS) is 11.3. The number of thioether (sulfide) groups is 1. The van der Waals surface area contributed by atoms with Gasteiger partial charge in [0.05, 0.1) is 10.8 Å². The lowest BCUT2D eigenvalue weighted by molar-refractivity contribution is 0.603. The third-order valence-electron chi connectivity index (χ3n) is 1.75. The third-order valence-corrected chi connectivity index (χ3v) is 3.90. The van der Waals surface area contributed by atoms with Gasteiger partial charge in [0.15, 0.2) is 0 Å². The van der Waals surface area contributed by atoms with Crippen LogP contribution < -0.4 is 5.73 Å². The zero-order chi connectivity index (χ0) is 12.2. The van der Waals surface area contributed by atoms with Crippen molar-refractivity contribution in [1.29, 1.82) is 5.41 Å². The summed E-state index contributed by atoms with van der Waals surface area (Å²) >= 11 is 1.37. The van der Waals surface area contributed by atoms with Crippen LogP contribution in [0.1, 0.15) is 5.56 Å². The SMILES string of the molecule is CS(=O)(=O)CCSc1ccc(C(=N)N)cn1. The Morgan fingerprint density at radius 1 is 1.56 bits per heavy atom. The molecule has 7 heteroatoms. The van der Waals surface area contributed by atoms with Gasteiger partial charge < -0.3 is 5.73 Å². The predicted octanol–water partition coefficient (Wildman–Crippen LogP) is 0.502. The largest absolute Gasteiger partial charge is 0.384 e. The molecule has 0 saturated carbocycles. The molecule has 0 saturated heterocycles. The van der Waals surface area contributed by atoms with Gasteiger partial charge in [0.1, 0.15) is 15.7 Å². The van der Waals surface area contributed by atoms with Gasteiger partial charge in [-0.05, 0) is 12.1 Å². The summed E-state index contributed by atoms with van der Waals surface area (Å²) in [4.78, 5) is 4.07. The fourth-order valence-corrected chi connectivity index (χ4v) is 2.97. The Labute approximate surface area is 98.9 Å². The van der Waals surface area contributed by atoms with Crippen LogP contribution in [0.3, 0.4) is 0 Å². The molecule has 0 aliphatic heterocycles. The number of hydrogen-bond acceptors (Lipinski definition) is 5. The first-order valence-electron chi connectivity index (χ1n) is 4.49. The molecule has 0 radical (unpaired) electrons. The Kier molecular flexibility index (Phi) is 4.31. The van der Waals surface area contributed by atoms with Crippen molar-refractivity contribution in [1.82, 2.24) is 4.98 Å². The van der Waals surface area contributed by atoms with Gasteiger partial charge in [-0.3, -0.25) is 5.41 Å². The number of amidine groups is 1. The van der Waals surface area contributed by atoms with E-state index in [4.69, 9.17) is 11.1 Å². The van der Waals surface area contributed by atoms with Crippen molar-refractivity contribution in [3.8, 4) is 0 Å². The number of hydrogen-bond donors (Lipinski definition) is 2. The molecule has 1 rings (SSSR count). The van der Waals surface area contributed by atoms with E-state index in [1.807, 2.05) is 0 Å². The average Bonchev–Trinajstić information content (AvgIpc) is 2.16. The van der Waals surface area contributed by atoms with E-state index in [0.29, 0.717) is 11.3 Å². The van der Waals surface area contributed by atoms with E-state index in [1.54, 1.807) is 12.1 Å². The maximum absolute atomic E-state index is 10.9. The lowest BCUT2D eigenvalue weighted by Gasteiger charge is -2.01. The zero-order valence-electron chi connectivity index (χ0n) is 8.80. The summed E-state index contributed by atoms with van der Waals surface area (Å²) in [5.74, 6) is 0.583. The van der Waals surface area contributed by atoms with E-state index < -0.39 is 9.84 Å². The first-order valence-corrected chi connectivity index (χ1v) is 7.54. The highest BCUT2D eigenvalue weighted by Gasteiger charge is 2.03. The van der Waals surface area contributed by atoms with Crippen LogP contribution in [-0.4, -0.2) is 37.0 Å². The van der Waals surface area contributed by atoms with Crippen molar-refractivity contribution >= 4 is 27.4 Å². The highest BCUT2D eigenvalue weighted by molar-refractivity contribution is 8.00. The van der Waals surface area contributed by atoms with Crippen LogP contribution in [0.5, 0.6) is 0 Å². The van der Waals surface area contributed by atoms with Crippen molar-refractivity contribution in [2.45, 2.75) is 5.03 Å². The smallest absolute Gasteiger partial charge is 0.148 e. The first kappa shape index (κ1) is 13.0. The molecule has 5 nitrogen and oxygen atoms in total. The maximum atomic E-state index is 10.9. The summed E-state index contributed by atoms with van der Waals surface area (Å²) in [5.41, 5.74) is 5.84. The standard InChI is InChI=1S/C9H13N3O2S2/c1-16(13,14)5-4-15-8-3-2-7(6-12-8)9(10)11/h2-3,6H,4-5H2,1H3,(H3,10,11). The van der Waals surface area contributed by atoms with Gasteiger partial charge in [-0.2, -0.15) is 0 Å². The number of nitrogens with two attached hydrogens (primary N) is 1. The van der Waals surface area contributed by atoms with Crippen molar-refractivity contribution in [2.75, 3.05) is 17.8 Å². The van der Waals surface area contributed by atoms with Gasteiger partial charge >= 0.3 is 0 Å².